The minimum atomic E-state index is 0.319. The van der Waals surface area contributed by atoms with Gasteiger partial charge in [-0.2, -0.15) is 11.8 Å². The number of rotatable bonds is 6. The third kappa shape index (κ3) is 15.3. The molecule has 180 valence electrons. The van der Waals surface area contributed by atoms with E-state index < -0.39 is 0 Å². The van der Waals surface area contributed by atoms with Gasteiger partial charge in [0.1, 0.15) is 0 Å². The molecule has 0 atom stereocenters. The summed E-state index contributed by atoms with van der Waals surface area (Å²) in [5.74, 6) is 3.13. The quantitative estimate of drug-likeness (QED) is 0.437. The molecule has 2 heteroatoms. The molecule has 1 aliphatic rings. The maximum Gasteiger partial charge on any atom is 0.0428 e. The van der Waals surface area contributed by atoms with Gasteiger partial charge < -0.3 is 5.11 Å². The molecular weight excluding hydrogens is 408 g/mol. The molecule has 0 bridgehead atoms. The van der Waals surface area contributed by atoms with Crippen molar-refractivity contribution in [2.24, 2.45) is 5.92 Å². The summed E-state index contributed by atoms with van der Waals surface area (Å²) in [6.07, 6.45) is 8.31. The fourth-order valence-electron chi connectivity index (χ4n) is 3.27. The monoisotopic (exact) mass is 456 g/mol. The molecule has 0 radical (unpaired) electrons. The molecule has 3 rings (SSSR count). The molecule has 1 aliphatic carbocycles. The van der Waals surface area contributed by atoms with Crippen molar-refractivity contribution in [3.63, 3.8) is 0 Å². The first-order chi connectivity index (χ1) is 15.5. The van der Waals surface area contributed by atoms with Crippen molar-refractivity contribution in [3.05, 3.63) is 71.8 Å². The highest BCUT2D eigenvalue weighted by atomic mass is 32.2. The molecule has 0 saturated heterocycles. The van der Waals surface area contributed by atoms with E-state index in [4.69, 9.17) is 5.11 Å². The van der Waals surface area contributed by atoms with Gasteiger partial charge in [0.15, 0.2) is 0 Å². The zero-order valence-electron chi connectivity index (χ0n) is 21.6. The zero-order valence-corrected chi connectivity index (χ0v) is 22.4. The number of hydrogen-bond acceptors (Lipinski definition) is 2. The summed E-state index contributed by atoms with van der Waals surface area (Å²) in [7, 11) is 0. The molecule has 1 N–H and O–H groups in total. The third-order valence-electron chi connectivity index (χ3n) is 5.04. The second-order valence-electron chi connectivity index (χ2n) is 8.48. The molecule has 1 fully saturated rings. The first-order valence-corrected chi connectivity index (χ1v) is 13.6. The Balaban J connectivity index is 0.000000607. The lowest BCUT2D eigenvalue weighted by Gasteiger charge is -2.15. The average molecular weight is 457 g/mol. The van der Waals surface area contributed by atoms with Gasteiger partial charge in [0.05, 0.1) is 0 Å². The summed E-state index contributed by atoms with van der Waals surface area (Å²) in [5, 5.41) is 7.88. The standard InChI is InChI=1S/C18H20S.C7H14.C3H8O.C2H6/c1-14(2)12-19-13-16-7-9-17(10-8-16)18-6-4-5-15(3)11-18;1-7-5-3-2-4-6-7;1-2-3-4;1-2/h4-11H,1,12-13H2,2-3H3;7H,2-6H2,1H3;4H,2-3H2,1H3;1-2H3. The number of aliphatic hydroxyl groups excluding tert-OH is 1. The van der Waals surface area contributed by atoms with Crippen molar-refractivity contribution in [2.75, 3.05) is 12.4 Å². The van der Waals surface area contributed by atoms with Crippen LogP contribution in [0, 0.1) is 12.8 Å². The van der Waals surface area contributed by atoms with Crippen molar-refractivity contribution < 1.29 is 5.11 Å². The van der Waals surface area contributed by atoms with Gasteiger partial charge in [0, 0.05) is 18.1 Å². The molecule has 0 heterocycles. The lowest BCUT2D eigenvalue weighted by atomic mass is 9.91. The first kappa shape index (κ1) is 30.5. The van der Waals surface area contributed by atoms with E-state index in [1.807, 2.05) is 32.5 Å². The van der Waals surface area contributed by atoms with Crippen molar-refractivity contribution in [2.45, 2.75) is 85.8 Å². The molecule has 1 saturated carbocycles. The van der Waals surface area contributed by atoms with Gasteiger partial charge in [-0.1, -0.05) is 126 Å². The van der Waals surface area contributed by atoms with E-state index in [9.17, 15) is 0 Å². The van der Waals surface area contributed by atoms with Crippen molar-refractivity contribution in [1.29, 1.82) is 0 Å². The Bertz CT molecular complexity index is 697. The fourth-order valence-corrected chi connectivity index (χ4v) is 4.15. The maximum absolute atomic E-state index is 7.88. The van der Waals surface area contributed by atoms with E-state index in [0.29, 0.717) is 6.61 Å². The Hall–Kier alpha value is -1.51. The molecule has 0 aromatic heterocycles. The predicted octanol–water partition coefficient (Wildman–Crippen LogP) is 9.47. The van der Waals surface area contributed by atoms with Gasteiger partial charge in [-0.05, 0) is 42.9 Å². The SMILES string of the molecule is C=C(C)CSCc1ccc(-c2cccc(C)c2)cc1.CC.CC1CCCCC1.CCCO. The van der Waals surface area contributed by atoms with Gasteiger partial charge in [-0.3, -0.25) is 0 Å². The lowest BCUT2D eigenvalue weighted by Crippen LogP contribution is -1.99. The van der Waals surface area contributed by atoms with Crippen LogP contribution in [0.2, 0.25) is 0 Å². The van der Waals surface area contributed by atoms with Crippen LogP contribution in [0.5, 0.6) is 0 Å². The number of aliphatic hydroxyl groups is 1. The molecule has 0 spiro atoms. The van der Waals surface area contributed by atoms with Crippen LogP contribution < -0.4 is 0 Å². The average Bonchev–Trinajstić information content (AvgIpc) is 2.82. The maximum atomic E-state index is 7.88. The lowest BCUT2D eigenvalue weighted by molar-refractivity contribution is 0.295. The molecule has 32 heavy (non-hydrogen) atoms. The summed E-state index contributed by atoms with van der Waals surface area (Å²) < 4.78 is 0. The minimum absolute atomic E-state index is 0.319. The highest BCUT2D eigenvalue weighted by Gasteiger charge is 2.06. The molecule has 2 aromatic rings. The van der Waals surface area contributed by atoms with Crippen molar-refractivity contribution in [3.8, 4) is 11.1 Å². The van der Waals surface area contributed by atoms with E-state index in [1.165, 1.54) is 59.9 Å². The Labute approximate surface area is 203 Å². The van der Waals surface area contributed by atoms with Crippen LogP contribution in [0.25, 0.3) is 11.1 Å². The van der Waals surface area contributed by atoms with Gasteiger partial charge in [-0.15, -0.1) is 0 Å². The topological polar surface area (TPSA) is 20.2 Å². The zero-order chi connectivity index (χ0) is 24.2. The van der Waals surface area contributed by atoms with E-state index >= 15 is 0 Å². The summed E-state index contributed by atoms with van der Waals surface area (Å²) in [6, 6.07) is 17.5. The second kappa shape index (κ2) is 20.1. The van der Waals surface area contributed by atoms with Crippen molar-refractivity contribution in [1.82, 2.24) is 0 Å². The van der Waals surface area contributed by atoms with Gasteiger partial charge >= 0.3 is 0 Å². The van der Waals surface area contributed by atoms with Crippen LogP contribution in [-0.2, 0) is 5.75 Å². The molecule has 0 aliphatic heterocycles. The molecule has 2 aromatic carbocycles. The summed E-state index contributed by atoms with van der Waals surface area (Å²) in [5.41, 5.74) is 6.50. The third-order valence-corrected chi connectivity index (χ3v) is 6.27. The van der Waals surface area contributed by atoms with E-state index in [0.717, 1.165) is 23.8 Å². The van der Waals surface area contributed by atoms with Crippen LogP contribution in [-0.4, -0.2) is 17.5 Å². The molecular formula is C30H48OS. The van der Waals surface area contributed by atoms with E-state index in [-0.39, 0.29) is 0 Å². The van der Waals surface area contributed by atoms with Crippen LogP contribution in [0.1, 0.15) is 84.3 Å². The van der Waals surface area contributed by atoms with Crippen LogP contribution >= 0.6 is 11.8 Å². The van der Waals surface area contributed by atoms with Crippen LogP contribution in [0.15, 0.2) is 60.7 Å². The molecule has 0 unspecified atom stereocenters. The second-order valence-corrected chi connectivity index (χ2v) is 9.47. The summed E-state index contributed by atoms with van der Waals surface area (Å²) >= 11 is 1.92. The Morgan fingerprint density at radius 1 is 1.00 bits per heavy atom. The Morgan fingerprint density at radius 3 is 2.03 bits per heavy atom. The van der Waals surface area contributed by atoms with Crippen LogP contribution in [0.3, 0.4) is 0 Å². The predicted molar refractivity (Wildman–Crippen MR) is 149 cm³/mol. The first-order valence-electron chi connectivity index (χ1n) is 12.4. The smallest absolute Gasteiger partial charge is 0.0428 e. The fraction of sp³-hybridized carbons (Fsp3) is 0.533. The molecule has 0 amide bonds. The van der Waals surface area contributed by atoms with E-state index in [2.05, 4.69) is 75.9 Å². The number of thioether (sulfide) groups is 1. The summed E-state index contributed by atoms with van der Waals surface area (Å²) in [6.45, 7) is 16.7. The Morgan fingerprint density at radius 2 is 1.59 bits per heavy atom. The van der Waals surface area contributed by atoms with E-state index in [1.54, 1.807) is 0 Å². The summed E-state index contributed by atoms with van der Waals surface area (Å²) in [4.78, 5) is 0. The Kier molecular flexibility index (Phi) is 19.2. The van der Waals surface area contributed by atoms with Gasteiger partial charge in [0.2, 0.25) is 0 Å². The van der Waals surface area contributed by atoms with Gasteiger partial charge in [-0.25, -0.2) is 0 Å². The highest BCUT2D eigenvalue weighted by molar-refractivity contribution is 7.98. The number of aryl methyl sites for hydroxylation is 1. The van der Waals surface area contributed by atoms with Crippen LogP contribution in [0.4, 0.5) is 0 Å². The van der Waals surface area contributed by atoms with Crippen molar-refractivity contribution >= 4 is 11.8 Å². The number of benzene rings is 2. The minimum Gasteiger partial charge on any atom is -0.396 e. The normalized spacial score (nSPS) is 12.8. The largest absolute Gasteiger partial charge is 0.396 e. The van der Waals surface area contributed by atoms with Gasteiger partial charge in [0.25, 0.3) is 0 Å². The highest BCUT2D eigenvalue weighted by Crippen LogP contribution is 2.23. The molecule has 1 nitrogen and oxygen atoms in total. The number of hydrogen-bond donors (Lipinski definition) is 1.